The highest BCUT2D eigenvalue weighted by molar-refractivity contribution is 7.97. The molecule has 1 rings (SSSR count). The van der Waals surface area contributed by atoms with Crippen molar-refractivity contribution in [1.82, 2.24) is 0 Å². The Morgan fingerprint density at radius 2 is 2.23 bits per heavy atom. The van der Waals surface area contributed by atoms with Crippen LogP contribution in [0, 0.1) is 6.92 Å². The summed E-state index contributed by atoms with van der Waals surface area (Å²) in [6, 6.07) is 5.44. The first-order valence-electron chi connectivity index (χ1n) is 4.12. The van der Waals surface area contributed by atoms with Gasteiger partial charge in [-0.15, -0.1) is 12.6 Å². The standard InChI is InChI=1S/C10H12O2S/c1-3-12-9-6-7(2)4-5-8(9)10(11)13/h4-6H,3H2,1-2H3,(H,11,13). The summed E-state index contributed by atoms with van der Waals surface area (Å²) in [6.07, 6.45) is 0. The minimum atomic E-state index is -0.261. The maximum atomic E-state index is 11.0. The molecule has 70 valence electrons. The van der Waals surface area contributed by atoms with Crippen LogP contribution in [0.25, 0.3) is 0 Å². The Labute approximate surface area is 83.3 Å². The van der Waals surface area contributed by atoms with Gasteiger partial charge in [0.1, 0.15) is 5.75 Å². The van der Waals surface area contributed by atoms with E-state index in [0.29, 0.717) is 17.9 Å². The SMILES string of the molecule is CCOc1cc(C)ccc1C(=O)S. The molecule has 13 heavy (non-hydrogen) atoms. The molecule has 0 unspecified atom stereocenters. The third-order valence-corrected chi connectivity index (χ3v) is 1.91. The second kappa shape index (κ2) is 4.33. The number of hydrogen-bond acceptors (Lipinski definition) is 2. The number of thiol groups is 1. The number of benzene rings is 1. The molecule has 2 nitrogen and oxygen atoms in total. The molecule has 0 bridgehead atoms. The van der Waals surface area contributed by atoms with E-state index in [4.69, 9.17) is 4.74 Å². The van der Waals surface area contributed by atoms with Gasteiger partial charge in [-0.25, -0.2) is 0 Å². The van der Waals surface area contributed by atoms with Crippen molar-refractivity contribution in [3.63, 3.8) is 0 Å². The van der Waals surface area contributed by atoms with E-state index in [1.54, 1.807) is 6.07 Å². The van der Waals surface area contributed by atoms with Crippen LogP contribution in [0.1, 0.15) is 22.8 Å². The summed E-state index contributed by atoms with van der Waals surface area (Å²) in [5.74, 6) is 0.613. The summed E-state index contributed by atoms with van der Waals surface area (Å²) < 4.78 is 5.31. The Balaban J connectivity index is 3.10. The van der Waals surface area contributed by atoms with Crippen LogP contribution in [-0.4, -0.2) is 11.7 Å². The topological polar surface area (TPSA) is 26.3 Å². The van der Waals surface area contributed by atoms with Gasteiger partial charge >= 0.3 is 0 Å². The van der Waals surface area contributed by atoms with Crippen LogP contribution in [0.4, 0.5) is 0 Å². The summed E-state index contributed by atoms with van der Waals surface area (Å²) in [6.45, 7) is 4.39. The summed E-state index contributed by atoms with van der Waals surface area (Å²) in [5, 5.41) is -0.261. The number of carbonyl (C=O) groups excluding carboxylic acids is 1. The lowest BCUT2D eigenvalue weighted by molar-refractivity contribution is 0.108. The van der Waals surface area contributed by atoms with E-state index < -0.39 is 0 Å². The van der Waals surface area contributed by atoms with Gasteiger partial charge < -0.3 is 4.74 Å². The maximum absolute atomic E-state index is 11.0. The molecule has 1 aromatic carbocycles. The van der Waals surface area contributed by atoms with Crippen molar-refractivity contribution in [1.29, 1.82) is 0 Å². The molecule has 0 amide bonds. The summed E-state index contributed by atoms with van der Waals surface area (Å²) in [4.78, 5) is 11.0. The summed E-state index contributed by atoms with van der Waals surface area (Å²) in [7, 11) is 0. The van der Waals surface area contributed by atoms with Gasteiger partial charge in [-0.2, -0.15) is 0 Å². The van der Waals surface area contributed by atoms with Crippen molar-refractivity contribution in [3.8, 4) is 5.75 Å². The molecule has 0 aliphatic heterocycles. The average molecular weight is 196 g/mol. The van der Waals surface area contributed by atoms with Gasteiger partial charge in [0.25, 0.3) is 0 Å². The first kappa shape index (κ1) is 10.1. The molecule has 0 aliphatic rings. The van der Waals surface area contributed by atoms with Crippen LogP contribution < -0.4 is 4.74 Å². The fraction of sp³-hybridized carbons (Fsp3) is 0.300. The van der Waals surface area contributed by atoms with E-state index in [9.17, 15) is 4.79 Å². The van der Waals surface area contributed by atoms with Crippen molar-refractivity contribution < 1.29 is 9.53 Å². The van der Waals surface area contributed by atoms with Gasteiger partial charge in [0.2, 0.25) is 5.12 Å². The van der Waals surface area contributed by atoms with Crippen LogP contribution in [0.2, 0.25) is 0 Å². The zero-order chi connectivity index (χ0) is 9.84. The van der Waals surface area contributed by atoms with Gasteiger partial charge in [0, 0.05) is 0 Å². The fourth-order valence-corrected chi connectivity index (χ4v) is 1.27. The van der Waals surface area contributed by atoms with E-state index in [2.05, 4.69) is 12.6 Å². The van der Waals surface area contributed by atoms with Crippen LogP contribution in [0.3, 0.4) is 0 Å². The lowest BCUT2D eigenvalue weighted by Crippen LogP contribution is -1.99. The van der Waals surface area contributed by atoms with E-state index in [1.165, 1.54) is 0 Å². The van der Waals surface area contributed by atoms with E-state index in [-0.39, 0.29) is 5.12 Å². The highest BCUT2D eigenvalue weighted by Crippen LogP contribution is 2.21. The first-order valence-corrected chi connectivity index (χ1v) is 4.56. The predicted molar refractivity (Wildman–Crippen MR) is 55.7 cm³/mol. The molecule has 0 N–H and O–H groups in total. The van der Waals surface area contributed by atoms with Crippen LogP contribution in [-0.2, 0) is 0 Å². The molecule has 0 spiro atoms. The van der Waals surface area contributed by atoms with Crippen LogP contribution in [0.5, 0.6) is 5.75 Å². The van der Waals surface area contributed by atoms with Crippen LogP contribution >= 0.6 is 12.6 Å². The molecular weight excluding hydrogens is 184 g/mol. The molecule has 0 radical (unpaired) electrons. The van der Waals surface area contributed by atoms with Gasteiger partial charge in [0.15, 0.2) is 0 Å². The smallest absolute Gasteiger partial charge is 0.220 e. The molecule has 0 atom stereocenters. The third-order valence-electron chi connectivity index (χ3n) is 1.67. The second-order valence-corrected chi connectivity index (χ2v) is 3.14. The van der Waals surface area contributed by atoms with E-state index >= 15 is 0 Å². The summed E-state index contributed by atoms with van der Waals surface area (Å²) >= 11 is 3.77. The second-order valence-electron chi connectivity index (χ2n) is 2.74. The Morgan fingerprint density at radius 1 is 1.54 bits per heavy atom. The average Bonchev–Trinajstić information content (AvgIpc) is 2.04. The number of carbonyl (C=O) groups is 1. The van der Waals surface area contributed by atoms with Crippen molar-refractivity contribution in [2.24, 2.45) is 0 Å². The minimum absolute atomic E-state index is 0.261. The van der Waals surface area contributed by atoms with Crippen molar-refractivity contribution >= 4 is 17.7 Å². The molecule has 1 aromatic rings. The van der Waals surface area contributed by atoms with E-state index in [1.807, 2.05) is 26.0 Å². The number of rotatable bonds is 3. The first-order chi connectivity index (χ1) is 6.15. The van der Waals surface area contributed by atoms with Crippen molar-refractivity contribution in [2.75, 3.05) is 6.61 Å². The monoisotopic (exact) mass is 196 g/mol. The summed E-state index contributed by atoms with van der Waals surface area (Å²) in [5.41, 5.74) is 1.59. The minimum Gasteiger partial charge on any atom is -0.493 e. The largest absolute Gasteiger partial charge is 0.493 e. The Kier molecular flexibility index (Phi) is 3.37. The number of ether oxygens (including phenoxy) is 1. The molecule has 0 aliphatic carbocycles. The van der Waals surface area contributed by atoms with Crippen LogP contribution in [0.15, 0.2) is 18.2 Å². The Bertz CT molecular complexity index is 321. The highest BCUT2D eigenvalue weighted by Gasteiger charge is 2.08. The number of hydrogen-bond donors (Lipinski definition) is 1. The fourth-order valence-electron chi connectivity index (χ4n) is 1.08. The quantitative estimate of drug-likeness (QED) is 0.752. The molecule has 0 saturated carbocycles. The highest BCUT2D eigenvalue weighted by atomic mass is 32.1. The zero-order valence-corrected chi connectivity index (χ0v) is 8.60. The third kappa shape index (κ3) is 2.49. The predicted octanol–water partition coefficient (Wildman–Crippen LogP) is 2.46. The zero-order valence-electron chi connectivity index (χ0n) is 7.70. The molecule has 3 heteroatoms. The van der Waals surface area contributed by atoms with Crippen molar-refractivity contribution in [3.05, 3.63) is 29.3 Å². The maximum Gasteiger partial charge on any atom is 0.220 e. The molecular formula is C10H12O2S. The van der Waals surface area contributed by atoms with Gasteiger partial charge in [-0.05, 0) is 31.5 Å². The van der Waals surface area contributed by atoms with Crippen molar-refractivity contribution in [2.45, 2.75) is 13.8 Å². The molecule has 0 saturated heterocycles. The lowest BCUT2D eigenvalue weighted by Gasteiger charge is -2.07. The Hall–Kier alpha value is -0.960. The number of aryl methyl sites for hydroxylation is 1. The molecule has 0 fully saturated rings. The Morgan fingerprint density at radius 3 is 2.77 bits per heavy atom. The van der Waals surface area contributed by atoms with Gasteiger partial charge in [0.05, 0.1) is 12.2 Å². The molecule has 0 heterocycles. The molecule has 0 aromatic heterocycles. The van der Waals surface area contributed by atoms with Gasteiger partial charge in [-0.3, -0.25) is 4.79 Å². The lowest BCUT2D eigenvalue weighted by atomic mass is 10.1. The normalized spacial score (nSPS) is 9.77. The van der Waals surface area contributed by atoms with E-state index in [0.717, 1.165) is 5.56 Å². The van der Waals surface area contributed by atoms with Gasteiger partial charge in [-0.1, -0.05) is 6.07 Å².